The second kappa shape index (κ2) is 10.3. The van der Waals surface area contributed by atoms with Crippen molar-refractivity contribution in [1.82, 2.24) is 9.88 Å². The summed E-state index contributed by atoms with van der Waals surface area (Å²) in [5, 5.41) is 16.8. The number of aliphatic hydroxyl groups is 1. The van der Waals surface area contributed by atoms with Crippen molar-refractivity contribution < 1.29 is 14.6 Å². The highest BCUT2D eigenvalue weighted by Crippen LogP contribution is 2.36. The van der Waals surface area contributed by atoms with E-state index in [2.05, 4.69) is 53.6 Å². The van der Waals surface area contributed by atoms with Crippen molar-refractivity contribution in [2.24, 2.45) is 5.92 Å². The quantitative estimate of drug-likeness (QED) is 0.550. The van der Waals surface area contributed by atoms with E-state index >= 15 is 0 Å². The van der Waals surface area contributed by atoms with E-state index in [1.807, 2.05) is 17.9 Å². The average molecular weight is 494 g/mol. The molecule has 0 spiro atoms. The lowest BCUT2D eigenvalue weighted by molar-refractivity contribution is -0.0235. The molecule has 0 radical (unpaired) electrons. The molecule has 36 heavy (non-hydrogen) atoms. The van der Waals surface area contributed by atoms with E-state index in [1.165, 1.54) is 0 Å². The number of pyridine rings is 1. The first-order chi connectivity index (χ1) is 17.3. The normalized spacial score (nSPS) is 26.0. The number of morpholine rings is 1. The minimum atomic E-state index is -0.599. The van der Waals surface area contributed by atoms with Gasteiger partial charge in [-0.05, 0) is 80.0 Å². The molecule has 3 aliphatic rings. The van der Waals surface area contributed by atoms with E-state index in [-0.39, 0.29) is 12.1 Å². The van der Waals surface area contributed by atoms with Crippen LogP contribution in [0.5, 0.6) is 0 Å². The zero-order chi connectivity index (χ0) is 25.3. The van der Waals surface area contributed by atoms with Gasteiger partial charge in [-0.25, -0.2) is 9.78 Å². The molecule has 194 valence electrons. The number of likely N-dealkylation sites (tertiary alicyclic amines) is 1. The Bertz CT molecular complexity index is 1090. The maximum atomic E-state index is 12.9. The molecule has 8 heteroatoms. The number of urea groups is 1. The highest BCUT2D eigenvalue weighted by Gasteiger charge is 2.38. The van der Waals surface area contributed by atoms with Crippen LogP contribution in [0.15, 0.2) is 30.3 Å². The van der Waals surface area contributed by atoms with Crippen LogP contribution in [0.2, 0.25) is 0 Å². The third kappa shape index (κ3) is 5.60. The lowest BCUT2D eigenvalue weighted by Crippen LogP contribution is -2.48. The number of rotatable bonds is 6. The van der Waals surface area contributed by atoms with Crippen LogP contribution in [0.3, 0.4) is 0 Å². The molecule has 2 aliphatic heterocycles. The van der Waals surface area contributed by atoms with Gasteiger partial charge in [0.05, 0.1) is 18.8 Å². The van der Waals surface area contributed by atoms with E-state index in [4.69, 9.17) is 9.72 Å². The van der Waals surface area contributed by atoms with Gasteiger partial charge in [-0.3, -0.25) is 0 Å². The smallest absolute Gasteiger partial charge is 0.321 e. The van der Waals surface area contributed by atoms with Gasteiger partial charge in [0, 0.05) is 37.9 Å². The summed E-state index contributed by atoms with van der Waals surface area (Å²) in [6.45, 7) is 10.8. The van der Waals surface area contributed by atoms with Crippen LogP contribution in [0, 0.1) is 12.8 Å². The summed E-state index contributed by atoms with van der Waals surface area (Å²) in [6, 6.07) is 10.5. The molecule has 5 rings (SSSR count). The van der Waals surface area contributed by atoms with Crippen molar-refractivity contribution >= 4 is 23.4 Å². The number of carbonyl (C=O) groups excluding carboxylic acids is 1. The van der Waals surface area contributed by atoms with Crippen molar-refractivity contribution in [3.8, 4) is 11.1 Å². The Morgan fingerprint density at radius 1 is 1.19 bits per heavy atom. The van der Waals surface area contributed by atoms with Crippen molar-refractivity contribution in [1.29, 1.82) is 0 Å². The minimum absolute atomic E-state index is 0.0242. The first kappa shape index (κ1) is 24.8. The number of benzene rings is 1. The standard InChI is InChI=1S/C28H39N5O3/c1-4-20-7-8-33(18-20)27(34)30-22-6-5-19(2)24(15-22)21-13-25(29-23-16-28(3,35)17-23)31-26(14-21)32-9-11-36-12-10-32/h5-6,13-15,20,23,35H,4,7-12,16-18H2,1-3H3,(H,29,31)(H,30,34). The average Bonchev–Trinajstić information content (AvgIpc) is 3.34. The van der Waals surface area contributed by atoms with Crippen molar-refractivity contribution in [2.45, 2.75) is 58.1 Å². The molecule has 3 N–H and O–H groups in total. The number of nitrogens with zero attached hydrogens (tertiary/aromatic N) is 3. The van der Waals surface area contributed by atoms with Crippen molar-refractivity contribution in [2.75, 3.05) is 54.9 Å². The van der Waals surface area contributed by atoms with Crippen molar-refractivity contribution in [3.63, 3.8) is 0 Å². The van der Waals surface area contributed by atoms with Crippen LogP contribution in [-0.2, 0) is 4.74 Å². The number of amides is 2. The van der Waals surface area contributed by atoms with Crippen molar-refractivity contribution in [3.05, 3.63) is 35.9 Å². The van der Waals surface area contributed by atoms with E-state index in [0.717, 1.165) is 73.0 Å². The largest absolute Gasteiger partial charge is 0.390 e. The van der Waals surface area contributed by atoms with Gasteiger partial charge in [-0.2, -0.15) is 0 Å². The molecule has 1 unspecified atom stereocenters. The molecule has 3 fully saturated rings. The highest BCUT2D eigenvalue weighted by molar-refractivity contribution is 5.91. The molecule has 2 amide bonds. The van der Waals surface area contributed by atoms with Gasteiger partial charge < -0.3 is 30.3 Å². The third-order valence-corrected chi connectivity index (χ3v) is 7.82. The first-order valence-corrected chi connectivity index (χ1v) is 13.3. The van der Waals surface area contributed by atoms with Gasteiger partial charge in [-0.15, -0.1) is 0 Å². The summed E-state index contributed by atoms with van der Waals surface area (Å²) >= 11 is 0. The van der Waals surface area contributed by atoms with E-state index in [1.54, 1.807) is 0 Å². The molecule has 2 saturated heterocycles. The number of ether oxygens (including phenoxy) is 1. The van der Waals surface area contributed by atoms with Crippen LogP contribution in [0.25, 0.3) is 11.1 Å². The second-order valence-corrected chi connectivity index (χ2v) is 10.9. The zero-order valence-electron chi connectivity index (χ0n) is 21.7. The zero-order valence-corrected chi connectivity index (χ0v) is 21.7. The van der Waals surface area contributed by atoms with Crippen LogP contribution < -0.4 is 15.5 Å². The molecular weight excluding hydrogens is 454 g/mol. The number of anilines is 3. The molecule has 1 aromatic carbocycles. The summed E-state index contributed by atoms with van der Waals surface area (Å²) in [4.78, 5) is 22.0. The maximum Gasteiger partial charge on any atom is 0.321 e. The van der Waals surface area contributed by atoms with Crippen LogP contribution in [-0.4, -0.2) is 72.1 Å². The fraction of sp³-hybridized carbons (Fsp3) is 0.571. The second-order valence-electron chi connectivity index (χ2n) is 10.9. The topological polar surface area (TPSA) is 90.0 Å². The number of hydrogen-bond donors (Lipinski definition) is 3. The van der Waals surface area contributed by atoms with Gasteiger partial charge in [0.2, 0.25) is 0 Å². The Labute approximate surface area is 214 Å². The van der Waals surface area contributed by atoms with Crippen LogP contribution >= 0.6 is 0 Å². The highest BCUT2D eigenvalue weighted by atomic mass is 16.5. The number of aromatic nitrogens is 1. The Hall–Kier alpha value is -2.84. The Balaban J connectivity index is 1.40. The number of carbonyl (C=O) groups is 1. The van der Waals surface area contributed by atoms with Crippen LogP contribution in [0.1, 0.15) is 45.1 Å². The molecule has 3 heterocycles. The Morgan fingerprint density at radius 2 is 1.97 bits per heavy atom. The number of aryl methyl sites for hydroxylation is 1. The lowest BCUT2D eigenvalue weighted by Gasteiger charge is -2.41. The summed E-state index contributed by atoms with van der Waals surface area (Å²) < 4.78 is 5.55. The third-order valence-electron chi connectivity index (χ3n) is 7.82. The molecule has 1 saturated carbocycles. The van der Waals surface area contributed by atoms with E-state index < -0.39 is 5.60 Å². The van der Waals surface area contributed by atoms with Crippen LogP contribution in [0.4, 0.5) is 22.1 Å². The molecule has 8 nitrogen and oxygen atoms in total. The Morgan fingerprint density at radius 3 is 2.67 bits per heavy atom. The van der Waals surface area contributed by atoms with Gasteiger partial charge in [0.15, 0.2) is 0 Å². The summed E-state index contributed by atoms with van der Waals surface area (Å²) in [5.74, 6) is 2.33. The molecular formula is C28H39N5O3. The Kier molecular flexibility index (Phi) is 7.08. The number of hydrogen-bond acceptors (Lipinski definition) is 6. The number of nitrogens with one attached hydrogen (secondary N) is 2. The predicted molar refractivity (Wildman–Crippen MR) is 144 cm³/mol. The molecule has 2 aromatic rings. The van der Waals surface area contributed by atoms with Gasteiger partial charge in [0.1, 0.15) is 11.6 Å². The lowest BCUT2D eigenvalue weighted by atomic mass is 9.77. The first-order valence-electron chi connectivity index (χ1n) is 13.3. The van der Waals surface area contributed by atoms with Gasteiger partial charge >= 0.3 is 6.03 Å². The van der Waals surface area contributed by atoms with E-state index in [0.29, 0.717) is 32.0 Å². The SMILES string of the molecule is CCC1CCN(C(=O)Nc2ccc(C)c(-c3cc(NC4CC(C)(O)C4)nc(N4CCOCC4)c3)c2)C1. The summed E-state index contributed by atoms with van der Waals surface area (Å²) in [7, 11) is 0. The molecule has 0 bridgehead atoms. The fourth-order valence-corrected chi connectivity index (χ4v) is 5.58. The van der Waals surface area contributed by atoms with Gasteiger partial charge in [-0.1, -0.05) is 19.4 Å². The maximum absolute atomic E-state index is 12.9. The van der Waals surface area contributed by atoms with Gasteiger partial charge in [0.25, 0.3) is 0 Å². The van der Waals surface area contributed by atoms with E-state index in [9.17, 15) is 9.90 Å². The monoisotopic (exact) mass is 493 g/mol. The molecule has 1 atom stereocenters. The summed E-state index contributed by atoms with van der Waals surface area (Å²) in [5.41, 5.74) is 3.46. The molecule has 1 aromatic heterocycles. The predicted octanol–water partition coefficient (Wildman–Crippen LogP) is 4.48. The fourth-order valence-electron chi connectivity index (χ4n) is 5.58. The minimum Gasteiger partial charge on any atom is -0.390 e. The summed E-state index contributed by atoms with van der Waals surface area (Å²) in [6.07, 6.45) is 3.61. The molecule has 1 aliphatic carbocycles.